The molecule has 26 heavy (non-hydrogen) atoms. The summed E-state index contributed by atoms with van der Waals surface area (Å²) in [5, 5.41) is 0. The number of rotatable bonds is 3. The number of anilines is 1. The summed E-state index contributed by atoms with van der Waals surface area (Å²) in [4.78, 5) is 18.5. The molecule has 0 radical (unpaired) electrons. The van der Waals surface area contributed by atoms with E-state index in [0.29, 0.717) is 34.4 Å². The van der Waals surface area contributed by atoms with Crippen molar-refractivity contribution in [2.75, 3.05) is 39.5 Å². The van der Waals surface area contributed by atoms with Crippen LogP contribution in [0.1, 0.15) is 11.1 Å². The highest BCUT2D eigenvalue weighted by Crippen LogP contribution is 2.39. The van der Waals surface area contributed by atoms with Crippen molar-refractivity contribution >= 4 is 17.3 Å². The van der Waals surface area contributed by atoms with Crippen LogP contribution in [0.25, 0.3) is 0 Å². The van der Waals surface area contributed by atoms with Gasteiger partial charge in [-0.25, -0.2) is 0 Å². The Morgan fingerprint density at radius 3 is 2.54 bits per heavy atom. The molecule has 1 amide bonds. The van der Waals surface area contributed by atoms with Gasteiger partial charge in [-0.05, 0) is 24.3 Å². The summed E-state index contributed by atoms with van der Waals surface area (Å²) in [7, 11) is 4.87. The zero-order chi connectivity index (χ0) is 18.3. The number of carbonyl (C=O) groups is 1. The number of aliphatic imine (C=N–C) groups is 1. The molecule has 7 nitrogen and oxygen atoms in total. The van der Waals surface area contributed by atoms with Crippen molar-refractivity contribution in [1.29, 1.82) is 0 Å². The molecule has 4 rings (SSSR count). The van der Waals surface area contributed by atoms with E-state index in [1.54, 1.807) is 32.2 Å². The van der Waals surface area contributed by atoms with Crippen molar-refractivity contribution in [3.63, 3.8) is 0 Å². The van der Waals surface area contributed by atoms with Crippen molar-refractivity contribution in [3.05, 3.63) is 41.5 Å². The molecule has 2 aromatic rings. The third-order valence-electron chi connectivity index (χ3n) is 4.51. The van der Waals surface area contributed by atoms with Gasteiger partial charge in [-0.15, -0.1) is 0 Å². The predicted octanol–water partition coefficient (Wildman–Crippen LogP) is 2.25. The lowest BCUT2D eigenvalue weighted by molar-refractivity contribution is -0.116. The van der Waals surface area contributed by atoms with Gasteiger partial charge in [0.1, 0.15) is 6.54 Å². The average Bonchev–Trinajstić information content (AvgIpc) is 3.10. The summed E-state index contributed by atoms with van der Waals surface area (Å²) >= 11 is 0. The molecule has 0 N–H and O–H groups in total. The number of fused-ring (bicyclic) bond motifs is 2. The zero-order valence-electron chi connectivity index (χ0n) is 14.7. The van der Waals surface area contributed by atoms with Gasteiger partial charge in [-0.2, -0.15) is 0 Å². The van der Waals surface area contributed by atoms with E-state index < -0.39 is 0 Å². The highest BCUT2D eigenvalue weighted by molar-refractivity contribution is 6.20. The number of ether oxygens (including phenoxy) is 4. The zero-order valence-corrected chi connectivity index (χ0v) is 14.7. The highest BCUT2D eigenvalue weighted by Gasteiger charge is 2.26. The van der Waals surface area contributed by atoms with Crippen LogP contribution < -0.4 is 23.8 Å². The fraction of sp³-hybridized carbons (Fsp3) is 0.263. The normalized spacial score (nSPS) is 15.3. The van der Waals surface area contributed by atoms with Crippen LogP contribution in [0.2, 0.25) is 0 Å². The van der Waals surface area contributed by atoms with Crippen LogP contribution >= 0.6 is 0 Å². The monoisotopic (exact) mass is 354 g/mol. The van der Waals surface area contributed by atoms with Gasteiger partial charge in [-0.1, -0.05) is 0 Å². The molecule has 0 aliphatic carbocycles. The molecule has 0 aromatic heterocycles. The van der Waals surface area contributed by atoms with Crippen molar-refractivity contribution in [2.24, 2.45) is 4.99 Å². The Hall–Kier alpha value is -3.22. The lowest BCUT2D eigenvalue weighted by atomic mass is 9.99. The molecule has 0 atom stereocenters. The minimum absolute atomic E-state index is 0.0551. The number of benzodiazepines with no additional fused rings is 1. The number of nitrogens with zero attached hydrogens (tertiary/aromatic N) is 2. The summed E-state index contributed by atoms with van der Waals surface area (Å²) in [6.07, 6.45) is 0. The van der Waals surface area contributed by atoms with Gasteiger partial charge >= 0.3 is 0 Å². The van der Waals surface area contributed by atoms with Gasteiger partial charge in [-0.3, -0.25) is 9.79 Å². The van der Waals surface area contributed by atoms with E-state index in [9.17, 15) is 4.79 Å². The molecule has 0 spiro atoms. The fourth-order valence-electron chi connectivity index (χ4n) is 3.10. The average molecular weight is 354 g/mol. The maximum absolute atomic E-state index is 12.4. The number of hydrogen-bond acceptors (Lipinski definition) is 6. The molecule has 134 valence electrons. The Labute approximate surface area is 150 Å². The van der Waals surface area contributed by atoms with Gasteiger partial charge in [0.15, 0.2) is 23.0 Å². The van der Waals surface area contributed by atoms with Crippen molar-refractivity contribution in [3.8, 4) is 23.0 Å². The second kappa shape index (κ2) is 6.25. The summed E-state index contributed by atoms with van der Waals surface area (Å²) in [6.45, 7) is 0.258. The SMILES string of the molecule is COc1cc2c(cc1OC)N(C)C(=O)CN=C2c1ccc2c(c1)OCO2. The van der Waals surface area contributed by atoms with E-state index >= 15 is 0 Å². The predicted molar refractivity (Wildman–Crippen MR) is 96.0 cm³/mol. The van der Waals surface area contributed by atoms with E-state index in [2.05, 4.69) is 4.99 Å². The molecule has 7 heteroatoms. The molecule has 2 aliphatic heterocycles. The summed E-state index contributed by atoms with van der Waals surface area (Å²) in [5.41, 5.74) is 3.03. The van der Waals surface area contributed by atoms with Crippen LogP contribution in [0, 0.1) is 0 Å². The molecule has 2 aromatic carbocycles. The van der Waals surface area contributed by atoms with Crippen LogP contribution in [0.5, 0.6) is 23.0 Å². The van der Waals surface area contributed by atoms with Crippen LogP contribution in [-0.2, 0) is 4.79 Å². The summed E-state index contributed by atoms with van der Waals surface area (Å²) in [6, 6.07) is 9.25. The van der Waals surface area contributed by atoms with Gasteiger partial charge < -0.3 is 23.8 Å². The quantitative estimate of drug-likeness (QED) is 0.846. The number of hydrogen-bond donors (Lipinski definition) is 0. The van der Waals surface area contributed by atoms with Gasteiger partial charge in [0.05, 0.1) is 25.6 Å². The van der Waals surface area contributed by atoms with Gasteiger partial charge in [0, 0.05) is 24.2 Å². The lowest BCUT2D eigenvalue weighted by Crippen LogP contribution is -2.27. The van der Waals surface area contributed by atoms with Gasteiger partial charge in [0.25, 0.3) is 0 Å². The number of carbonyl (C=O) groups excluding carboxylic acids is 1. The molecule has 2 heterocycles. The third kappa shape index (κ3) is 2.52. The van der Waals surface area contributed by atoms with E-state index in [4.69, 9.17) is 18.9 Å². The minimum atomic E-state index is -0.103. The van der Waals surface area contributed by atoms with E-state index in [-0.39, 0.29) is 19.2 Å². The summed E-state index contributed by atoms with van der Waals surface area (Å²) < 4.78 is 21.7. The third-order valence-corrected chi connectivity index (χ3v) is 4.51. The van der Waals surface area contributed by atoms with Crippen LogP contribution in [0.3, 0.4) is 0 Å². The number of methoxy groups -OCH3 is 2. The molecule has 0 saturated heterocycles. The first-order chi connectivity index (χ1) is 12.6. The Morgan fingerprint density at radius 2 is 1.77 bits per heavy atom. The molecule has 0 bridgehead atoms. The lowest BCUT2D eigenvalue weighted by Gasteiger charge is -2.20. The van der Waals surface area contributed by atoms with Crippen LogP contribution in [0.15, 0.2) is 35.3 Å². The molecule has 0 saturated carbocycles. The van der Waals surface area contributed by atoms with Gasteiger partial charge in [0.2, 0.25) is 12.7 Å². The highest BCUT2D eigenvalue weighted by atomic mass is 16.7. The second-order valence-corrected chi connectivity index (χ2v) is 5.91. The van der Waals surface area contributed by atoms with Crippen molar-refractivity contribution in [2.45, 2.75) is 0 Å². The smallest absolute Gasteiger partial charge is 0.248 e. The minimum Gasteiger partial charge on any atom is -0.493 e. The Balaban J connectivity index is 1.91. The van der Waals surface area contributed by atoms with E-state index in [1.807, 2.05) is 24.3 Å². The van der Waals surface area contributed by atoms with E-state index in [1.165, 1.54) is 0 Å². The number of likely N-dealkylation sites (N-methyl/N-ethyl adjacent to an activating group) is 1. The first-order valence-corrected chi connectivity index (χ1v) is 8.10. The molecule has 0 fully saturated rings. The standard InChI is InChI=1S/C19H18N2O5/c1-21-13-8-16(24-3)15(23-2)7-12(13)19(20-9-18(21)22)11-4-5-14-17(6-11)26-10-25-14/h4-8H,9-10H2,1-3H3. The van der Waals surface area contributed by atoms with Crippen LogP contribution in [0.4, 0.5) is 5.69 Å². The number of amides is 1. The maximum Gasteiger partial charge on any atom is 0.248 e. The van der Waals surface area contributed by atoms with Crippen molar-refractivity contribution in [1.82, 2.24) is 0 Å². The first-order valence-electron chi connectivity index (χ1n) is 8.10. The summed E-state index contributed by atoms with van der Waals surface area (Å²) in [5.74, 6) is 2.38. The topological polar surface area (TPSA) is 69.6 Å². The molecular weight excluding hydrogens is 336 g/mol. The Kier molecular flexibility index (Phi) is 3.91. The van der Waals surface area contributed by atoms with Crippen molar-refractivity contribution < 1.29 is 23.7 Å². The molecule has 0 unspecified atom stereocenters. The maximum atomic E-state index is 12.4. The first kappa shape index (κ1) is 16.3. The number of benzene rings is 2. The largest absolute Gasteiger partial charge is 0.493 e. The molecular formula is C19H18N2O5. The Morgan fingerprint density at radius 1 is 1.04 bits per heavy atom. The molecule has 2 aliphatic rings. The Bertz CT molecular complexity index is 922. The second-order valence-electron chi connectivity index (χ2n) is 5.91. The fourth-order valence-corrected chi connectivity index (χ4v) is 3.10. The van der Waals surface area contributed by atoms with E-state index in [0.717, 1.165) is 11.1 Å². The van der Waals surface area contributed by atoms with Crippen LogP contribution in [-0.4, -0.2) is 46.2 Å².